The third-order valence-corrected chi connectivity index (χ3v) is 8.90. The molecule has 1 aromatic carbocycles. The first-order valence-corrected chi connectivity index (χ1v) is 13.2. The molecule has 1 saturated heterocycles. The summed E-state index contributed by atoms with van der Waals surface area (Å²) < 4.78 is 27.4. The topological polar surface area (TPSA) is 73.8 Å². The summed E-state index contributed by atoms with van der Waals surface area (Å²) in [4.78, 5) is 4.71. The Morgan fingerprint density at radius 1 is 1.24 bits per heavy atom. The second kappa shape index (κ2) is 10.2. The van der Waals surface area contributed by atoms with Gasteiger partial charge in [0.15, 0.2) is 5.96 Å². The molecule has 2 aliphatic rings. The third-order valence-electron chi connectivity index (χ3n) is 5.92. The molecular weight excluding hydrogens is 404 g/mol. The van der Waals surface area contributed by atoms with Crippen LogP contribution in [0.1, 0.15) is 44.6 Å². The van der Waals surface area contributed by atoms with Crippen LogP contribution in [0.25, 0.3) is 0 Å². The van der Waals surface area contributed by atoms with Gasteiger partial charge in [-0.2, -0.15) is 16.1 Å². The number of sulfonamides is 1. The van der Waals surface area contributed by atoms with E-state index in [-0.39, 0.29) is 0 Å². The van der Waals surface area contributed by atoms with E-state index in [1.165, 1.54) is 19.3 Å². The van der Waals surface area contributed by atoms with E-state index < -0.39 is 10.0 Å². The first-order valence-electron chi connectivity index (χ1n) is 10.5. The zero-order valence-corrected chi connectivity index (χ0v) is 19.4. The molecule has 3 atom stereocenters. The van der Waals surface area contributed by atoms with Crippen LogP contribution in [-0.4, -0.2) is 56.4 Å². The Kier molecular flexibility index (Phi) is 7.87. The standard InChI is InChI=1S/C21H34N4O2S2/c1-16-5-4-12-25(15-16)29(26,27)20-10-6-17(7-11-20)14-23-21(22-2)24-18-8-9-19(13-18)28-3/h6-7,10-11,16,18-19H,4-5,8-9,12-15H2,1-3H3,(H2,22,23,24). The Morgan fingerprint density at radius 2 is 2.00 bits per heavy atom. The number of hydrogen-bond acceptors (Lipinski definition) is 4. The van der Waals surface area contributed by atoms with E-state index in [9.17, 15) is 8.42 Å². The molecule has 0 aromatic heterocycles. The van der Waals surface area contributed by atoms with Gasteiger partial charge in [0.05, 0.1) is 4.90 Å². The Balaban J connectivity index is 1.54. The van der Waals surface area contributed by atoms with Gasteiger partial charge in [0.1, 0.15) is 0 Å². The maximum absolute atomic E-state index is 12.9. The first kappa shape index (κ1) is 22.4. The van der Waals surface area contributed by atoms with E-state index in [4.69, 9.17) is 0 Å². The number of hydrogen-bond donors (Lipinski definition) is 2. The fraction of sp³-hybridized carbons (Fsp3) is 0.667. The maximum atomic E-state index is 12.9. The molecule has 6 nitrogen and oxygen atoms in total. The summed E-state index contributed by atoms with van der Waals surface area (Å²) in [6, 6.07) is 7.70. The molecule has 3 unspecified atom stereocenters. The van der Waals surface area contributed by atoms with E-state index in [2.05, 4.69) is 28.8 Å². The van der Waals surface area contributed by atoms with Crippen molar-refractivity contribution in [1.82, 2.24) is 14.9 Å². The van der Waals surface area contributed by atoms with Crippen molar-refractivity contribution in [2.45, 2.75) is 61.8 Å². The monoisotopic (exact) mass is 438 g/mol. The van der Waals surface area contributed by atoms with Crippen LogP contribution < -0.4 is 10.6 Å². The summed E-state index contributed by atoms with van der Waals surface area (Å²) in [6.07, 6.45) is 7.81. The van der Waals surface area contributed by atoms with Crippen LogP contribution in [0.4, 0.5) is 0 Å². The molecule has 1 heterocycles. The van der Waals surface area contributed by atoms with E-state index in [0.717, 1.165) is 29.6 Å². The van der Waals surface area contributed by atoms with Crippen molar-refractivity contribution in [1.29, 1.82) is 0 Å². The maximum Gasteiger partial charge on any atom is 0.243 e. The number of nitrogens with zero attached hydrogens (tertiary/aromatic N) is 2. The molecule has 3 rings (SSSR count). The lowest BCUT2D eigenvalue weighted by Crippen LogP contribution is -2.42. The van der Waals surface area contributed by atoms with Crippen molar-refractivity contribution in [2.24, 2.45) is 10.9 Å². The molecule has 1 aliphatic heterocycles. The average molecular weight is 439 g/mol. The fourth-order valence-electron chi connectivity index (χ4n) is 4.15. The van der Waals surface area contributed by atoms with Crippen molar-refractivity contribution in [3.05, 3.63) is 29.8 Å². The van der Waals surface area contributed by atoms with Gasteiger partial charge in [-0.05, 0) is 62.0 Å². The molecule has 162 valence electrons. The molecule has 29 heavy (non-hydrogen) atoms. The molecule has 0 amide bonds. The number of benzene rings is 1. The van der Waals surface area contributed by atoms with Crippen LogP contribution in [-0.2, 0) is 16.6 Å². The highest BCUT2D eigenvalue weighted by Crippen LogP contribution is 2.28. The second-order valence-electron chi connectivity index (χ2n) is 8.19. The highest BCUT2D eigenvalue weighted by atomic mass is 32.2. The zero-order valence-electron chi connectivity index (χ0n) is 17.7. The fourth-order valence-corrected chi connectivity index (χ4v) is 6.55. The summed E-state index contributed by atoms with van der Waals surface area (Å²) in [5.41, 5.74) is 1.03. The number of rotatable bonds is 6. The molecule has 2 fully saturated rings. The number of guanidine groups is 1. The van der Waals surface area contributed by atoms with E-state index in [1.807, 2.05) is 23.9 Å². The molecule has 0 radical (unpaired) electrons. The Morgan fingerprint density at radius 3 is 2.62 bits per heavy atom. The van der Waals surface area contributed by atoms with Crippen molar-refractivity contribution < 1.29 is 8.42 Å². The molecule has 1 saturated carbocycles. The van der Waals surface area contributed by atoms with Crippen LogP contribution in [0.15, 0.2) is 34.2 Å². The van der Waals surface area contributed by atoms with Crippen molar-refractivity contribution in [2.75, 3.05) is 26.4 Å². The number of aliphatic imine (C=N–C) groups is 1. The highest BCUT2D eigenvalue weighted by molar-refractivity contribution is 7.99. The molecule has 1 aliphatic carbocycles. The zero-order chi connectivity index (χ0) is 20.9. The van der Waals surface area contributed by atoms with Gasteiger partial charge in [-0.3, -0.25) is 4.99 Å². The van der Waals surface area contributed by atoms with Gasteiger partial charge in [-0.25, -0.2) is 8.42 Å². The Bertz CT molecular complexity index is 795. The summed E-state index contributed by atoms with van der Waals surface area (Å²) in [5, 5.41) is 7.59. The predicted octanol–water partition coefficient (Wildman–Crippen LogP) is 3.06. The molecule has 1 aromatic rings. The summed E-state index contributed by atoms with van der Waals surface area (Å²) in [5.74, 6) is 1.23. The minimum atomic E-state index is -3.40. The molecule has 2 N–H and O–H groups in total. The average Bonchev–Trinajstić information content (AvgIpc) is 3.19. The molecular formula is C21H34N4O2S2. The van der Waals surface area contributed by atoms with E-state index >= 15 is 0 Å². The Hall–Kier alpha value is -1.25. The van der Waals surface area contributed by atoms with Crippen LogP contribution in [0.2, 0.25) is 0 Å². The SMILES string of the molecule is CN=C(NCc1ccc(S(=O)(=O)N2CCCC(C)C2)cc1)NC1CCC(SC)C1. The minimum absolute atomic E-state index is 0.381. The third kappa shape index (κ3) is 5.89. The van der Waals surface area contributed by atoms with E-state index in [1.54, 1.807) is 23.5 Å². The van der Waals surface area contributed by atoms with Crippen LogP contribution in [0.3, 0.4) is 0 Å². The first-order chi connectivity index (χ1) is 13.9. The smallest absolute Gasteiger partial charge is 0.243 e. The van der Waals surface area contributed by atoms with Crippen LogP contribution >= 0.6 is 11.8 Å². The van der Waals surface area contributed by atoms with Crippen molar-refractivity contribution in [3.63, 3.8) is 0 Å². The van der Waals surface area contributed by atoms with Crippen LogP contribution in [0, 0.1) is 5.92 Å². The van der Waals surface area contributed by atoms with Gasteiger partial charge in [0.25, 0.3) is 0 Å². The van der Waals surface area contributed by atoms with Gasteiger partial charge >= 0.3 is 0 Å². The summed E-state index contributed by atoms with van der Waals surface area (Å²) in [6.45, 7) is 3.96. The minimum Gasteiger partial charge on any atom is -0.354 e. The number of piperidine rings is 1. The molecule has 0 bridgehead atoms. The quantitative estimate of drug-likeness (QED) is 0.527. The van der Waals surface area contributed by atoms with Crippen molar-refractivity contribution >= 4 is 27.7 Å². The normalized spacial score (nSPS) is 26.4. The van der Waals surface area contributed by atoms with E-state index in [0.29, 0.717) is 36.5 Å². The van der Waals surface area contributed by atoms with Gasteiger partial charge in [-0.1, -0.05) is 19.1 Å². The van der Waals surface area contributed by atoms with Gasteiger partial charge in [0, 0.05) is 38.0 Å². The predicted molar refractivity (Wildman–Crippen MR) is 122 cm³/mol. The largest absolute Gasteiger partial charge is 0.354 e. The second-order valence-corrected chi connectivity index (χ2v) is 11.3. The van der Waals surface area contributed by atoms with Gasteiger partial charge in [-0.15, -0.1) is 0 Å². The molecule has 8 heteroatoms. The lowest BCUT2D eigenvalue weighted by molar-refractivity contribution is 0.281. The molecule has 0 spiro atoms. The van der Waals surface area contributed by atoms with Gasteiger partial charge in [0.2, 0.25) is 10.0 Å². The lowest BCUT2D eigenvalue weighted by atomic mass is 10.0. The summed E-state index contributed by atoms with van der Waals surface area (Å²) >= 11 is 1.94. The Labute approximate surface area is 180 Å². The summed E-state index contributed by atoms with van der Waals surface area (Å²) in [7, 11) is -1.61. The van der Waals surface area contributed by atoms with Crippen LogP contribution in [0.5, 0.6) is 0 Å². The highest BCUT2D eigenvalue weighted by Gasteiger charge is 2.28. The van der Waals surface area contributed by atoms with Gasteiger partial charge < -0.3 is 10.6 Å². The van der Waals surface area contributed by atoms with Crippen molar-refractivity contribution in [3.8, 4) is 0 Å². The number of nitrogens with one attached hydrogen (secondary N) is 2. The number of thioether (sulfide) groups is 1. The lowest BCUT2D eigenvalue weighted by Gasteiger charge is -2.30.